The van der Waals surface area contributed by atoms with Gasteiger partial charge in [-0.3, -0.25) is 0 Å². The molecule has 0 aliphatic carbocycles. The van der Waals surface area contributed by atoms with Crippen LogP contribution in [0.2, 0.25) is 0 Å². The molecule has 2 rings (SSSR count). The summed E-state index contributed by atoms with van der Waals surface area (Å²) < 4.78 is 5.49. The summed E-state index contributed by atoms with van der Waals surface area (Å²) in [4.78, 5) is 2.06. The van der Waals surface area contributed by atoms with Gasteiger partial charge in [-0.2, -0.15) is 0 Å². The van der Waals surface area contributed by atoms with Gasteiger partial charge in [-0.05, 0) is 20.2 Å². The first kappa shape index (κ1) is 12.5. The zero-order chi connectivity index (χ0) is 12.8. The summed E-state index contributed by atoms with van der Waals surface area (Å²) >= 11 is 0. The molecule has 0 amide bonds. The Morgan fingerprint density at radius 3 is 2.39 bits per heavy atom. The average Bonchev–Trinajstić information content (AvgIpc) is 2.40. The first-order valence-electron chi connectivity index (χ1n) is 5.92. The number of nitrogens with zero attached hydrogens (tertiary/aromatic N) is 3. The molecule has 0 aliphatic heterocycles. The van der Waals surface area contributed by atoms with Crippen LogP contribution < -0.4 is 4.74 Å². The van der Waals surface area contributed by atoms with E-state index in [4.69, 9.17) is 4.74 Å². The van der Waals surface area contributed by atoms with Crippen molar-refractivity contribution in [3.63, 3.8) is 0 Å². The van der Waals surface area contributed by atoms with E-state index in [2.05, 4.69) is 15.1 Å². The number of benzene rings is 1. The zero-order valence-corrected chi connectivity index (χ0v) is 10.7. The van der Waals surface area contributed by atoms with Crippen LogP contribution in [0.4, 0.5) is 0 Å². The highest BCUT2D eigenvalue weighted by atomic mass is 16.5. The molecule has 0 radical (unpaired) electrons. The Labute approximate surface area is 107 Å². The van der Waals surface area contributed by atoms with Gasteiger partial charge in [-0.15, -0.1) is 10.2 Å². The smallest absolute Gasteiger partial charge is 0.233 e. The van der Waals surface area contributed by atoms with Crippen molar-refractivity contribution in [3.05, 3.63) is 42.5 Å². The van der Waals surface area contributed by atoms with Gasteiger partial charge in [-0.25, -0.2) is 0 Å². The first-order chi connectivity index (χ1) is 8.75. The Hall–Kier alpha value is -1.94. The molecular formula is C14H17N3O. The van der Waals surface area contributed by atoms with E-state index >= 15 is 0 Å². The third kappa shape index (κ3) is 3.53. The maximum atomic E-state index is 5.49. The molecule has 0 unspecified atom stereocenters. The van der Waals surface area contributed by atoms with Crippen LogP contribution in [0.25, 0.3) is 11.3 Å². The van der Waals surface area contributed by atoms with Crippen molar-refractivity contribution in [2.45, 2.75) is 0 Å². The van der Waals surface area contributed by atoms with E-state index in [1.165, 1.54) is 0 Å². The third-order valence-electron chi connectivity index (χ3n) is 2.50. The van der Waals surface area contributed by atoms with Crippen molar-refractivity contribution >= 4 is 0 Å². The van der Waals surface area contributed by atoms with Gasteiger partial charge in [0.05, 0.1) is 5.69 Å². The highest BCUT2D eigenvalue weighted by Crippen LogP contribution is 2.16. The first-order valence-corrected chi connectivity index (χ1v) is 5.92. The monoisotopic (exact) mass is 243 g/mol. The topological polar surface area (TPSA) is 38.2 Å². The van der Waals surface area contributed by atoms with Crippen LogP contribution in [0.5, 0.6) is 5.88 Å². The molecule has 1 aromatic heterocycles. The molecule has 94 valence electrons. The molecule has 0 aliphatic rings. The van der Waals surface area contributed by atoms with Gasteiger partial charge in [0.25, 0.3) is 0 Å². The van der Waals surface area contributed by atoms with Crippen molar-refractivity contribution in [1.82, 2.24) is 15.1 Å². The predicted octanol–water partition coefficient (Wildman–Crippen LogP) is 2.08. The van der Waals surface area contributed by atoms with E-state index in [9.17, 15) is 0 Å². The maximum Gasteiger partial charge on any atom is 0.233 e. The fourth-order valence-electron chi connectivity index (χ4n) is 1.49. The largest absolute Gasteiger partial charge is 0.475 e. The Balaban J connectivity index is 1.98. The number of ether oxygens (including phenoxy) is 1. The molecule has 18 heavy (non-hydrogen) atoms. The molecule has 2 aromatic rings. The SMILES string of the molecule is CN(C)CCOc1ccc(-c2ccccc2)nn1. The van der Waals surface area contributed by atoms with Crippen LogP contribution in [0.1, 0.15) is 0 Å². The van der Waals surface area contributed by atoms with E-state index in [1.807, 2.05) is 56.6 Å². The van der Waals surface area contributed by atoms with E-state index in [-0.39, 0.29) is 0 Å². The number of hydrogen-bond acceptors (Lipinski definition) is 4. The van der Waals surface area contributed by atoms with Crippen LogP contribution >= 0.6 is 0 Å². The number of hydrogen-bond donors (Lipinski definition) is 0. The lowest BCUT2D eigenvalue weighted by atomic mass is 10.1. The van der Waals surface area contributed by atoms with Gasteiger partial charge in [-0.1, -0.05) is 30.3 Å². The molecule has 4 heteroatoms. The molecule has 1 aromatic carbocycles. The zero-order valence-electron chi connectivity index (χ0n) is 10.7. The van der Waals surface area contributed by atoms with Gasteiger partial charge >= 0.3 is 0 Å². The molecular weight excluding hydrogens is 226 g/mol. The Kier molecular flexibility index (Phi) is 4.25. The Bertz CT molecular complexity index is 468. The molecule has 4 nitrogen and oxygen atoms in total. The van der Waals surface area contributed by atoms with E-state index in [1.54, 1.807) is 0 Å². The fourth-order valence-corrected chi connectivity index (χ4v) is 1.49. The second-order valence-corrected chi connectivity index (χ2v) is 4.27. The molecule has 0 atom stereocenters. The molecule has 0 N–H and O–H groups in total. The number of aromatic nitrogens is 2. The van der Waals surface area contributed by atoms with Crippen LogP contribution in [0, 0.1) is 0 Å². The summed E-state index contributed by atoms with van der Waals surface area (Å²) in [7, 11) is 4.01. The Morgan fingerprint density at radius 1 is 1.00 bits per heavy atom. The lowest BCUT2D eigenvalue weighted by Crippen LogP contribution is -2.19. The highest BCUT2D eigenvalue weighted by molar-refractivity contribution is 5.58. The molecule has 0 spiro atoms. The maximum absolute atomic E-state index is 5.49. The van der Waals surface area contributed by atoms with Crippen molar-refractivity contribution in [2.24, 2.45) is 0 Å². The highest BCUT2D eigenvalue weighted by Gasteiger charge is 2.01. The Morgan fingerprint density at radius 2 is 1.78 bits per heavy atom. The quantitative estimate of drug-likeness (QED) is 0.806. The second kappa shape index (κ2) is 6.12. The summed E-state index contributed by atoms with van der Waals surface area (Å²) in [5.74, 6) is 0.566. The van der Waals surface area contributed by atoms with Crippen LogP contribution in [0.3, 0.4) is 0 Å². The normalized spacial score (nSPS) is 10.6. The molecule has 0 saturated heterocycles. The minimum absolute atomic E-state index is 0.566. The van der Waals surface area contributed by atoms with Crippen molar-refractivity contribution in [1.29, 1.82) is 0 Å². The summed E-state index contributed by atoms with van der Waals surface area (Å²) in [6.45, 7) is 1.48. The minimum atomic E-state index is 0.566. The van der Waals surface area contributed by atoms with Crippen molar-refractivity contribution in [3.8, 4) is 17.1 Å². The lowest BCUT2D eigenvalue weighted by Gasteiger charge is -2.10. The fraction of sp³-hybridized carbons (Fsp3) is 0.286. The summed E-state index contributed by atoms with van der Waals surface area (Å²) in [5.41, 5.74) is 1.92. The average molecular weight is 243 g/mol. The predicted molar refractivity (Wildman–Crippen MR) is 71.5 cm³/mol. The van der Waals surface area contributed by atoms with Gasteiger partial charge in [0.2, 0.25) is 5.88 Å². The minimum Gasteiger partial charge on any atom is -0.475 e. The third-order valence-corrected chi connectivity index (χ3v) is 2.50. The lowest BCUT2D eigenvalue weighted by molar-refractivity contribution is 0.252. The summed E-state index contributed by atoms with van der Waals surface area (Å²) in [5, 5.41) is 8.22. The van der Waals surface area contributed by atoms with Gasteiger partial charge < -0.3 is 9.64 Å². The van der Waals surface area contributed by atoms with E-state index in [0.29, 0.717) is 12.5 Å². The molecule has 0 bridgehead atoms. The van der Waals surface area contributed by atoms with Crippen LogP contribution in [-0.4, -0.2) is 42.3 Å². The summed E-state index contributed by atoms with van der Waals surface area (Å²) in [6.07, 6.45) is 0. The van der Waals surface area contributed by atoms with Gasteiger partial charge in [0.1, 0.15) is 6.61 Å². The number of likely N-dealkylation sites (N-methyl/N-ethyl adjacent to an activating group) is 1. The van der Waals surface area contributed by atoms with E-state index in [0.717, 1.165) is 17.8 Å². The van der Waals surface area contributed by atoms with Gasteiger partial charge in [0, 0.05) is 18.2 Å². The molecule has 1 heterocycles. The number of rotatable bonds is 5. The van der Waals surface area contributed by atoms with Crippen molar-refractivity contribution in [2.75, 3.05) is 27.2 Å². The second-order valence-electron chi connectivity index (χ2n) is 4.27. The standard InChI is InChI=1S/C14H17N3O/c1-17(2)10-11-18-14-9-8-13(15-16-14)12-6-4-3-5-7-12/h3-9H,10-11H2,1-2H3. The van der Waals surface area contributed by atoms with Crippen LogP contribution in [0.15, 0.2) is 42.5 Å². The van der Waals surface area contributed by atoms with Gasteiger partial charge in [0.15, 0.2) is 0 Å². The van der Waals surface area contributed by atoms with Crippen LogP contribution in [-0.2, 0) is 0 Å². The summed E-state index contributed by atoms with van der Waals surface area (Å²) in [6, 6.07) is 13.7. The molecule has 0 saturated carbocycles. The van der Waals surface area contributed by atoms with Crippen molar-refractivity contribution < 1.29 is 4.74 Å². The molecule has 0 fully saturated rings. The van der Waals surface area contributed by atoms with E-state index < -0.39 is 0 Å².